The van der Waals surface area contributed by atoms with Gasteiger partial charge in [-0.25, -0.2) is 0 Å². The van der Waals surface area contributed by atoms with E-state index in [2.05, 4.69) is 30.9 Å². The van der Waals surface area contributed by atoms with Crippen LogP contribution in [0.4, 0.5) is 0 Å². The summed E-state index contributed by atoms with van der Waals surface area (Å²) in [6.45, 7) is 9.15. The molecule has 4 atom stereocenters. The second-order valence-electron chi connectivity index (χ2n) is 11.3. The number of nitriles is 2. The highest BCUT2D eigenvalue weighted by Crippen LogP contribution is 2.49. The Morgan fingerprint density at radius 2 is 1.65 bits per heavy atom. The van der Waals surface area contributed by atoms with Crippen LogP contribution >= 0.6 is 0 Å². The van der Waals surface area contributed by atoms with Gasteiger partial charge in [-0.15, -0.1) is 0 Å². The maximum Gasteiger partial charge on any atom is 0.237 e. The number of amides is 2. The summed E-state index contributed by atoms with van der Waals surface area (Å²) in [6, 6.07) is 3.95. The first-order valence-electron chi connectivity index (χ1n) is 12.9. The fraction of sp³-hybridized carbons (Fsp3) is 0.846. The Labute approximate surface area is 204 Å². The standard InChI is InChI=1S/C20H33N3O2.C6H8N2O/c1-4-22(14-18(24)23-7-5-6-17(23)13-21)19(2)9-15-8-16(10-19)12-20(3,25)11-15;7-4-6-2-1-3-8(6)5-9/h15-17,25H,4-12,14H2,1-3H3;5-6H,1-3H2. The number of hydrogen-bond donors (Lipinski definition) is 1. The summed E-state index contributed by atoms with van der Waals surface area (Å²) in [5.74, 6) is 1.21. The van der Waals surface area contributed by atoms with Gasteiger partial charge in [-0.1, -0.05) is 6.92 Å². The summed E-state index contributed by atoms with van der Waals surface area (Å²) in [5, 5.41) is 28.2. The van der Waals surface area contributed by atoms with Gasteiger partial charge in [-0.3, -0.25) is 14.5 Å². The number of hydrogen-bond acceptors (Lipinski definition) is 6. The predicted octanol–water partition coefficient (Wildman–Crippen LogP) is 2.67. The number of carbonyl (C=O) groups excluding carboxylic acids is 2. The largest absolute Gasteiger partial charge is 0.390 e. The van der Waals surface area contributed by atoms with E-state index < -0.39 is 5.60 Å². The number of carbonyl (C=O) groups is 2. The average molecular weight is 472 g/mol. The molecule has 2 bridgehead atoms. The van der Waals surface area contributed by atoms with E-state index in [1.165, 1.54) is 6.42 Å². The zero-order valence-corrected chi connectivity index (χ0v) is 21.1. The van der Waals surface area contributed by atoms with Crippen molar-refractivity contribution in [3.05, 3.63) is 0 Å². The smallest absolute Gasteiger partial charge is 0.237 e. The SMILES string of the molecule is CCN(CC(=O)N1CCCC1C#N)C1(C)CC2CC(CC(C)(O)C2)C1.N#CC1CCCN1C=O. The lowest BCUT2D eigenvalue weighted by Crippen LogP contribution is -2.57. The number of nitrogens with zero attached hydrogens (tertiary/aromatic N) is 5. The highest BCUT2D eigenvalue weighted by atomic mass is 16.3. The van der Waals surface area contributed by atoms with Crippen LogP contribution in [0.25, 0.3) is 0 Å². The molecule has 0 spiro atoms. The maximum atomic E-state index is 12.8. The predicted molar refractivity (Wildman–Crippen MR) is 128 cm³/mol. The lowest BCUT2D eigenvalue weighted by Gasteiger charge is -2.53. The third-order valence-electron chi connectivity index (χ3n) is 8.35. The van der Waals surface area contributed by atoms with E-state index in [0.717, 1.165) is 77.4 Å². The Bertz CT molecular complexity index is 800. The van der Waals surface area contributed by atoms with Gasteiger partial charge in [0.2, 0.25) is 12.3 Å². The topological polar surface area (TPSA) is 112 Å². The molecule has 8 heteroatoms. The minimum Gasteiger partial charge on any atom is -0.390 e. The van der Waals surface area contributed by atoms with Gasteiger partial charge in [-0.2, -0.15) is 10.5 Å². The Hall–Kier alpha value is -2.16. The molecular weight excluding hydrogens is 430 g/mol. The summed E-state index contributed by atoms with van der Waals surface area (Å²) >= 11 is 0. The molecule has 1 N–H and O–H groups in total. The van der Waals surface area contributed by atoms with Crippen LogP contribution in [-0.2, 0) is 9.59 Å². The van der Waals surface area contributed by atoms with Gasteiger partial charge in [0, 0.05) is 18.6 Å². The molecule has 0 aromatic rings. The van der Waals surface area contributed by atoms with Crippen LogP contribution in [0.3, 0.4) is 0 Å². The van der Waals surface area contributed by atoms with Crippen molar-refractivity contribution in [3.63, 3.8) is 0 Å². The third-order valence-corrected chi connectivity index (χ3v) is 8.35. The number of aliphatic hydroxyl groups is 1. The third kappa shape index (κ3) is 6.09. The van der Waals surface area contributed by atoms with E-state index >= 15 is 0 Å². The molecule has 0 aromatic heterocycles. The molecule has 0 radical (unpaired) electrons. The summed E-state index contributed by atoms with van der Waals surface area (Å²) in [6.07, 6.45) is 9.41. The summed E-state index contributed by atoms with van der Waals surface area (Å²) in [4.78, 5) is 28.6. The molecular formula is C26H41N5O3. The first-order valence-corrected chi connectivity index (χ1v) is 12.9. The number of rotatable bonds is 5. The molecule has 4 unspecified atom stereocenters. The van der Waals surface area contributed by atoms with Crippen molar-refractivity contribution in [2.45, 2.75) is 102 Å². The fourth-order valence-corrected chi connectivity index (χ4v) is 7.05. The van der Waals surface area contributed by atoms with E-state index in [1.807, 2.05) is 6.92 Å². The Balaban J connectivity index is 0.000000302. The highest BCUT2D eigenvalue weighted by molar-refractivity contribution is 5.79. The average Bonchev–Trinajstić information content (AvgIpc) is 3.44. The van der Waals surface area contributed by atoms with Crippen molar-refractivity contribution in [1.82, 2.24) is 14.7 Å². The molecule has 2 saturated carbocycles. The van der Waals surface area contributed by atoms with Gasteiger partial charge in [-0.05, 0) is 90.0 Å². The van der Waals surface area contributed by atoms with Crippen molar-refractivity contribution >= 4 is 12.3 Å². The lowest BCUT2D eigenvalue weighted by molar-refractivity contribution is -0.136. The van der Waals surface area contributed by atoms with Crippen LogP contribution in [0.15, 0.2) is 0 Å². The maximum absolute atomic E-state index is 12.8. The van der Waals surface area contributed by atoms with E-state index in [-0.39, 0.29) is 23.5 Å². The van der Waals surface area contributed by atoms with E-state index in [0.29, 0.717) is 18.4 Å². The minimum absolute atomic E-state index is 0.0242. The van der Waals surface area contributed by atoms with Crippen molar-refractivity contribution in [2.24, 2.45) is 11.8 Å². The van der Waals surface area contributed by atoms with Crippen molar-refractivity contribution < 1.29 is 14.7 Å². The zero-order valence-electron chi connectivity index (χ0n) is 21.1. The molecule has 188 valence electrons. The van der Waals surface area contributed by atoms with Crippen LogP contribution in [0.1, 0.15) is 78.6 Å². The second-order valence-corrected chi connectivity index (χ2v) is 11.3. The first kappa shape index (κ1) is 26.4. The number of likely N-dealkylation sites (tertiary alicyclic amines) is 2. The molecule has 2 aliphatic heterocycles. The Kier molecular flexibility index (Phi) is 8.60. The summed E-state index contributed by atoms with van der Waals surface area (Å²) in [5.41, 5.74) is -0.492. The van der Waals surface area contributed by atoms with Crippen molar-refractivity contribution in [2.75, 3.05) is 26.2 Å². The minimum atomic E-state index is -0.517. The van der Waals surface area contributed by atoms with Crippen LogP contribution in [0, 0.1) is 34.5 Å². The van der Waals surface area contributed by atoms with E-state index in [9.17, 15) is 20.0 Å². The summed E-state index contributed by atoms with van der Waals surface area (Å²) < 4.78 is 0. The molecule has 8 nitrogen and oxygen atoms in total. The molecule has 2 aliphatic carbocycles. The molecule has 2 saturated heterocycles. The molecule has 2 heterocycles. The van der Waals surface area contributed by atoms with Crippen LogP contribution in [-0.4, -0.2) is 81.5 Å². The highest BCUT2D eigenvalue weighted by Gasteiger charge is 2.47. The van der Waals surface area contributed by atoms with Gasteiger partial charge in [0.25, 0.3) is 0 Å². The number of likely N-dealkylation sites (N-methyl/N-ethyl adjacent to an activating group) is 1. The van der Waals surface area contributed by atoms with Gasteiger partial charge >= 0.3 is 0 Å². The van der Waals surface area contributed by atoms with Crippen molar-refractivity contribution in [1.29, 1.82) is 10.5 Å². The monoisotopic (exact) mass is 471 g/mol. The van der Waals surface area contributed by atoms with Gasteiger partial charge < -0.3 is 14.9 Å². The van der Waals surface area contributed by atoms with Crippen molar-refractivity contribution in [3.8, 4) is 12.1 Å². The van der Waals surface area contributed by atoms with Gasteiger partial charge in [0.05, 0.1) is 24.3 Å². The Morgan fingerprint density at radius 1 is 1.06 bits per heavy atom. The molecule has 2 amide bonds. The van der Waals surface area contributed by atoms with Crippen LogP contribution in [0.5, 0.6) is 0 Å². The van der Waals surface area contributed by atoms with E-state index in [1.54, 1.807) is 9.80 Å². The molecule has 4 rings (SSSR count). The quantitative estimate of drug-likeness (QED) is 0.617. The lowest BCUT2D eigenvalue weighted by atomic mass is 9.61. The van der Waals surface area contributed by atoms with Gasteiger partial charge in [0.1, 0.15) is 12.1 Å². The molecule has 4 aliphatic rings. The van der Waals surface area contributed by atoms with Gasteiger partial charge in [0.15, 0.2) is 0 Å². The number of fused-ring (bicyclic) bond motifs is 2. The van der Waals surface area contributed by atoms with Crippen LogP contribution < -0.4 is 0 Å². The first-order chi connectivity index (χ1) is 16.1. The second kappa shape index (κ2) is 11.1. The molecule has 34 heavy (non-hydrogen) atoms. The summed E-state index contributed by atoms with van der Waals surface area (Å²) in [7, 11) is 0. The fourth-order valence-electron chi connectivity index (χ4n) is 7.05. The zero-order chi connectivity index (χ0) is 24.9. The van der Waals surface area contributed by atoms with Crippen LogP contribution in [0.2, 0.25) is 0 Å². The normalized spacial score (nSPS) is 36.9. The molecule has 4 fully saturated rings. The Morgan fingerprint density at radius 3 is 2.18 bits per heavy atom. The molecule has 0 aromatic carbocycles. The van der Waals surface area contributed by atoms with E-state index in [4.69, 9.17) is 5.26 Å².